The topological polar surface area (TPSA) is 106 Å². The van der Waals surface area contributed by atoms with Gasteiger partial charge in [0.05, 0.1) is 12.8 Å². The van der Waals surface area contributed by atoms with E-state index in [1.165, 1.54) is 0 Å². The van der Waals surface area contributed by atoms with Crippen LogP contribution in [0.25, 0.3) is 0 Å². The molecule has 2 rings (SSSR count). The molecule has 7 nitrogen and oxygen atoms in total. The number of rotatable bonds is 6. The highest BCUT2D eigenvalue weighted by Crippen LogP contribution is 2.12. The van der Waals surface area contributed by atoms with E-state index in [0.29, 0.717) is 19.6 Å². The molecule has 1 aliphatic rings. The second kappa shape index (κ2) is 7.28. The van der Waals surface area contributed by atoms with Gasteiger partial charge in [0.25, 0.3) is 0 Å². The average Bonchev–Trinajstić information content (AvgIpc) is 2.86. The lowest BCUT2D eigenvalue weighted by Crippen LogP contribution is -2.29. The van der Waals surface area contributed by atoms with Crippen molar-refractivity contribution in [1.82, 2.24) is 4.90 Å². The highest BCUT2D eigenvalue weighted by molar-refractivity contribution is 5.81. The van der Waals surface area contributed by atoms with Crippen LogP contribution in [0.1, 0.15) is 18.4 Å². The molecule has 0 spiro atoms. The molecule has 0 aromatic heterocycles. The maximum Gasteiger partial charge on any atom is 0.222 e. The zero-order valence-corrected chi connectivity index (χ0v) is 11.7. The van der Waals surface area contributed by atoms with Crippen LogP contribution < -0.4 is 16.2 Å². The largest absolute Gasteiger partial charge is 0.492 e. The van der Waals surface area contributed by atoms with Gasteiger partial charge in [0, 0.05) is 13.0 Å². The van der Waals surface area contributed by atoms with E-state index in [1.807, 2.05) is 29.2 Å². The monoisotopic (exact) mass is 289 g/mol. The van der Waals surface area contributed by atoms with Crippen molar-refractivity contribution in [2.75, 3.05) is 19.7 Å². The Balaban J connectivity index is 1.78. The third-order valence-corrected chi connectivity index (χ3v) is 3.06. The molecular formula is C14H19N5O2. The molecule has 1 amide bonds. The smallest absolute Gasteiger partial charge is 0.222 e. The van der Waals surface area contributed by atoms with Crippen molar-refractivity contribution in [3.05, 3.63) is 29.8 Å². The SMILES string of the molecule is NC(N)=NN=Cc1ccc(OCCN2CCCC2=O)cc1. The number of ether oxygens (including phenoxy) is 1. The Morgan fingerprint density at radius 2 is 2.10 bits per heavy atom. The number of nitrogens with two attached hydrogens (primary N) is 2. The number of nitrogens with zero attached hydrogens (tertiary/aromatic N) is 3. The summed E-state index contributed by atoms with van der Waals surface area (Å²) in [7, 11) is 0. The van der Waals surface area contributed by atoms with E-state index in [0.717, 1.165) is 24.3 Å². The van der Waals surface area contributed by atoms with E-state index in [2.05, 4.69) is 10.2 Å². The predicted molar refractivity (Wildman–Crippen MR) is 81.2 cm³/mol. The Morgan fingerprint density at radius 1 is 1.33 bits per heavy atom. The van der Waals surface area contributed by atoms with Crippen LogP contribution in [0.2, 0.25) is 0 Å². The maximum atomic E-state index is 11.4. The van der Waals surface area contributed by atoms with Gasteiger partial charge in [0.1, 0.15) is 12.4 Å². The Kier molecular flexibility index (Phi) is 5.14. The van der Waals surface area contributed by atoms with Crippen LogP contribution in [0.3, 0.4) is 0 Å². The van der Waals surface area contributed by atoms with E-state index in [1.54, 1.807) is 6.21 Å². The molecule has 0 unspecified atom stereocenters. The van der Waals surface area contributed by atoms with Gasteiger partial charge >= 0.3 is 0 Å². The molecule has 0 saturated carbocycles. The van der Waals surface area contributed by atoms with Crippen LogP contribution in [0, 0.1) is 0 Å². The number of likely N-dealkylation sites (tertiary alicyclic amines) is 1. The normalized spacial score (nSPS) is 14.7. The number of hydrogen-bond acceptors (Lipinski definition) is 4. The van der Waals surface area contributed by atoms with E-state index in [-0.39, 0.29) is 11.9 Å². The number of carbonyl (C=O) groups excluding carboxylic acids is 1. The molecule has 0 bridgehead atoms. The first-order chi connectivity index (χ1) is 10.1. The van der Waals surface area contributed by atoms with Crippen LogP contribution in [0.15, 0.2) is 34.5 Å². The molecule has 1 saturated heterocycles. The molecular weight excluding hydrogens is 270 g/mol. The predicted octanol–water partition coefficient (Wildman–Crippen LogP) is 0.295. The second-order valence-electron chi connectivity index (χ2n) is 4.67. The summed E-state index contributed by atoms with van der Waals surface area (Å²) >= 11 is 0. The molecule has 4 N–H and O–H groups in total. The number of hydrogen-bond donors (Lipinski definition) is 2. The molecule has 0 aliphatic carbocycles. The summed E-state index contributed by atoms with van der Waals surface area (Å²) in [6.07, 6.45) is 3.15. The fraction of sp³-hybridized carbons (Fsp3) is 0.357. The molecule has 0 atom stereocenters. The first-order valence-electron chi connectivity index (χ1n) is 6.78. The Hall–Kier alpha value is -2.57. The van der Waals surface area contributed by atoms with Gasteiger partial charge in [-0.1, -0.05) is 0 Å². The molecule has 1 fully saturated rings. The lowest BCUT2D eigenvalue weighted by atomic mass is 10.2. The van der Waals surface area contributed by atoms with Crippen LogP contribution in [-0.4, -0.2) is 42.7 Å². The minimum atomic E-state index is -0.0809. The van der Waals surface area contributed by atoms with Gasteiger partial charge in [-0.25, -0.2) is 0 Å². The van der Waals surface area contributed by atoms with E-state index in [9.17, 15) is 4.79 Å². The highest BCUT2D eigenvalue weighted by Gasteiger charge is 2.19. The van der Waals surface area contributed by atoms with Crippen molar-refractivity contribution in [1.29, 1.82) is 0 Å². The molecule has 0 radical (unpaired) electrons. The summed E-state index contributed by atoms with van der Waals surface area (Å²) in [4.78, 5) is 13.3. The zero-order valence-electron chi connectivity index (χ0n) is 11.7. The maximum absolute atomic E-state index is 11.4. The van der Waals surface area contributed by atoms with Crippen LogP contribution >= 0.6 is 0 Å². The number of amides is 1. The van der Waals surface area contributed by atoms with Crippen molar-refractivity contribution in [2.24, 2.45) is 21.7 Å². The van der Waals surface area contributed by atoms with Crippen molar-refractivity contribution < 1.29 is 9.53 Å². The van der Waals surface area contributed by atoms with Gasteiger partial charge in [-0.15, -0.1) is 5.10 Å². The molecule has 1 aromatic rings. The third-order valence-electron chi connectivity index (χ3n) is 3.06. The fourth-order valence-electron chi connectivity index (χ4n) is 2.03. The number of carbonyl (C=O) groups is 1. The zero-order chi connectivity index (χ0) is 15.1. The molecule has 112 valence electrons. The minimum Gasteiger partial charge on any atom is -0.492 e. The minimum absolute atomic E-state index is 0.0809. The van der Waals surface area contributed by atoms with Crippen molar-refractivity contribution in [3.63, 3.8) is 0 Å². The van der Waals surface area contributed by atoms with E-state index >= 15 is 0 Å². The van der Waals surface area contributed by atoms with Gasteiger partial charge in [-0.3, -0.25) is 4.79 Å². The summed E-state index contributed by atoms with van der Waals surface area (Å²) in [6, 6.07) is 7.37. The summed E-state index contributed by atoms with van der Waals surface area (Å²) in [5, 5.41) is 7.24. The summed E-state index contributed by atoms with van der Waals surface area (Å²) in [5.41, 5.74) is 11.2. The summed E-state index contributed by atoms with van der Waals surface area (Å²) in [5.74, 6) is 0.883. The van der Waals surface area contributed by atoms with Crippen molar-refractivity contribution in [3.8, 4) is 5.75 Å². The lowest BCUT2D eigenvalue weighted by molar-refractivity contribution is -0.128. The van der Waals surface area contributed by atoms with Crippen molar-refractivity contribution in [2.45, 2.75) is 12.8 Å². The van der Waals surface area contributed by atoms with E-state index in [4.69, 9.17) is 16.2 Å². The Morgan fingerprint density at radius 3 is 2.71 bits per heavy atom. The van der Waals surface area contributed by atoms with E-state index < -0.39 is 0 Å². The van der Waals surface area contributed by atoms with Crippen LogP contribution in [0.4, 0.5) is 0 Å². The van der Waals surface area contributed by atoms with Gasteiger partial charge in [0.2, 0.25) is 11.9 Å². The second-order valence-corrected chi connectivity index (χ2v) is 4.67. The molecule has 1 aliphatic heterocycles. The molecule has 21 heavy (non-hydrogen) atoms. The number of guanidine groups is 1. The van der Waals surface area contributed by atoms with Gasteiger partial charge in [-0.2, -0.15) is 5.10 Å². The molecule has 1 heterocycles. The number of benzene rings is 1. The van der Waals surface area contributed by atoms with Gasteiger partial charge in [0.15, 0.2) is 0 Å². The summed E-state index contributed by atoms with van der Waals surface area (Å²) < 4.78 is 5.61. The van der Waals surface area contributed by atoms with Crippen LogP contribution in [0.5, 0.6) is 5.75 Å². The molecule has 7 heteroatoms. The molecule has 1 aromatic carbocycles. The summed E-state index contributed by atoms with van der Waals surface area (Å²) in [6.45, 7) is 1.96. The first kappa shape index (κ1) is 14.8. The average molecular weight is 289 g/mol. The fourth-order valence-corrected chi connectivity index (χ4v) is 2.03. The highest BCUT2D eigenvalue weighted by atomic mass is 16.5. The lowest BCUT2D eigenvalue weighted by Gasteiger charge is -2.15. The Labute approximate surface area is 123 Å². The first-order valence-corrected chi connectivity index (χ1v) is 6.78. The van der Waals surface area contributed by atoms with Gasteiger partial charge in [-0.05, 0) is 36.2 Å². The quantitative estimate of drug-likeness (QED) is 0.446. The Bertz CT molecular complexity index is 535. The third kappa shape index (κ3) is 4.79. The van der Waals surface area contributed by atoms with Crippen molar-refractivity contribution >= 4 is 18.1 Å². The standard InChI is InChI=1S/C14H19N5O2/c15-14(16)18-17-10-11-3-5-12(6-4-11)21-9-8-19-7-1-2-13(19)20/h3-6,10H,1-2,7-9H2,(H4,15,16,18). The van der Waals surface area contributed by atoms with Crippen LogP contribution in [-0.2, 0) is 4.79 Å². The van der Waals surface area contributed by atoms with Gasteiger partial charge < -0.3 is 21.1 Å².